The van der Waals surface area contributed by atoms with Crippen molar-refractivity contribution in [1.29, 1.82) is 0 Å². The number of halogens is 1. The minimum atomic E-state index is -0.0302. The van der Waals surface area contributed by atoms with Gasteiger partial charge in [-0.15, -0.1) is 0 Å². The molecule has 0 saturated heterocycles. The number of ether oxygens (including phenoxy) is 2. The Morgan fingerprint density at radius 1 is 1.14 bits per heavy atom. The van der Waals surface area contributed by atoms with Crippen LogP contribution < -0.4 is 15.2 Å². The molecule has 110 valence electrons. The number of benzene rings is 2. The molecule has 0 unspecified atom stereocenters. The molecule has 0 spiro atoms. The highest BCUT2D eigenvalue weighted by molar-refractivity contribution is 9.10. The quantitative estimate of drug-likeness (QED) is 0.382. The standard InChI is InChI=1S/C15H15BrN2O3/c1-9-3-5-13(14(7-9)20-2)21-12-6-4-10(16)8-11(12)15(17)18-19/h3-8,19H,1-2H3,(H2,17,18). The molecule has 0 aliphatic rings. The molecule has 0 atom stereocenters. The van der Waals surface area contributed by atoms with Gasteiger partial charge >= 0.3 is 0 Å². The number of hydrogen-bond donors (Lipinski definition) is 2. The van der Waals surface area contributed by atoms with Crippen molar-refractivity contribution in [2.24, 2.45) is 10.9 Å². The Morgan fingerprint density at radius 2 is 1.86 bits per heavy atom. The second-order valence-corrected chi connectivity index (χ2v) is 5.30. The number of nitrogens with two attached hydrogens (primary N) is 1. The molecular formula is C15H15BrN2O3. The summed E-state index contributed by atoms with van der Waals surface area (Å²) in [6.07, 6.45) is 0. The van der Waals surface area contributed by atoms with Crippen LogP contribution in [-0.4, -0.2) is 18.2 Å². The number of aryl methyl sites for hydroxylation is 1. The Morgan fingerprint density at radius 3 is 2.52 bits per heavy atom. The van der Waals surface area contributed by atoms with Gasteiger partial charge < -0.3 is 20.4 Å². The summed E-state index contributed by atoms with van der Waals surface area (Å²) in [6, 6.07) is 10.9. The molecule has 0 heterocycles. The van der Waals surface area contributed by atoms with Crippen LogP contribution >= 0.6 is 15.9 Å². The summed E-state index contributed by atoms with van der Waals surface area (Å²) in [5, 5.41) is 11.9. The first-order valence-corrected chi connectivity index (χ1v) is 6.94. The molecular weight excluding hydrogens is 336 g/mol. The van der Waals surface area contributed by atoms with Crippen molar-refractivity contribution in [2.75, 3.05) is 7.11 Å². The number of methoxy groups -OCH3 is 1. The van der Waals surface area contributed by atoms with Gasteiger partial charge in [-0.25, -0.2) is 0 Å². The van der Waals surface area contributed by atoms with Crippen LogP contribution in [0.3, 0.4) is 0 Å². The van der Waals surface area contributed by atoms with E-state index in [-0.39, 0.29) is 5.84 Å². The number of oxime groups is 1. The fourth-order valence-corrected chi connectivity index (χ4v) is 2.18. The van der Waals surface area contributed by atoms with Crippen molar-refractivity contribution in [3.05, 3.63) is 52.0 Å². The zero-order valence-corrected chi connectivity index (χ0v) is 13.2. The lowest BCUT2D eigenvalue weighted by Gasteiger charge is -2.14. The molecule has 0 aromatic heterocycles. The van der Waals surface area contributed by atoms with E-state index in [0.717, 1.165) is 10.0 Å². The van der Waals surface area contributed by atoms with Crippen molar-refractivity contribution >= 4 is 21.8 Å². The van der Waals surface area contributed by atoms with E-state index in [4.69, 9.17) is 20.4 Å². The third-order valence-electron chi connectivity index (χ3n) is 2.86. The van der Waals surface area contributed by atoms with Gasteiger partial charge in [-0.2, -0.15) is 0 Å². The third-order valence-corrected chi connectivity index (χ3v) is 3.36. The highest BCUT2D eigenvalue weighted by Crippen LogP contribution is 2.34. The number of nitrogens with zero attached hydrogens (tertiary/aromatic N) is 1. The van der Waals surface area contributed by atoms with Crippen LogP contribution in [-0.2, 0) is 0 Å². The molecule has 2 rings (SSSR count). The van der Waals surface area contributed by atoms with Gasteiger partial charge in [0, 0.05) is 4.47 Å². The van der Waals surface area contributed by atoms with Crippen LogP contribution in [0.15, 0.2) is 46.0 Å². The predicted molar refractivity (Wildman–Crippen MR) is 84.5 cm³/mol. The van der Waals surface area contributed by atoms with Crippen molar-refractivity contribution in [2.45, 2.75) is 6.92 Å². The zero-order chi connectivity index (χ0) is 15.4. The maximum atomic E-state index is 8.87. The van der Waals surface area contributed by atoms with Crippen LogP contribution in [0.1, 0.15) is 11.1 Å². The van der Waals surface area contributed by atoms with Crippen LogP contribution in [0.5, 0.6) is 17.2 Å². The molecule has 5 nitrogen and oxygen atoms in total. The highest BCUT2D eigenvalue weighted by atomic mass is 79.9. The Bertz CT molecular complexity index is 687. The predicted octanol–water partition coefficient (Wildman–Crippen LogP) is 3.65. The van der Waals surface area contributed by atoms with E-state index in [1.165, 1.54) is 0 Å². The van der Waals surface area contributed by atoms with Crippen molar-refractivity contribution < 1.29 is 14.7 Å². The van der Waals surface area contributed by atoms with Crippen molar-refractivity contribution in [3.63, 3.8) is 0 Å². The van der Waals surface area contributed by atoms with E-state index < -0.39 is 0 Å². The van der Waals surface area contributed by atoms with Crippen molar-refractivity contribution in [3.8, 4) is 17.2 Å². The average molecular weight is 351 g/mol. The van der Waals surface area contributed by atoms with Crippen LogP contribution in [0.4, 0.5) is 0 Å². The van der Waals surface area contributed by atoms with Gasteiger partial charge in [0.25, 0.3) is 0 Å². The average Bonchev–Trinajstić information content (AvgIpc) is 2.49. The van der Waals surface area contributed by atoms with Gasteiger partial charge in [0.05, 0.1) is 12.7 Å². The Kier molecular flexibility index (Phi) is 4.70. The second-order valence-electron chi connectivity index (χ2n) is 4.38. The molecule has 0 bridgehead atoms. The lowest BCUT2D eigenvalue weighted by atomic mass is 10.2. The minimum absolute atomic E-state index is 0.0302. The maximum absolute atomic E-state index is 8.87. The van der Waals surface area contributed by atoms with Gasteiger partial charge in [0.2, 0.25) is 0 Å². The van der Waals surface area contributed by atoms with E-state index in [1.807, 2.05) is 31.2 Å². The normalized spacial score (nSPS) is 11.3. The fourth-order valence-electron chi connectivity index (χ4n) is 1.82. The lowest BCUT2D eigenvalue weighted by Crippen LogP contribution is -2.14. The minimum Gasteiger partial charge on any atom is -0.493 e. The Labute approximate surface area is 131 Å². The third kappa shape index (κ3) is 3.46. The zero-order valence-electron chi connectivity index (χ0n) is 11.6. The van der Waals surface area contributed by atoms with Crippen LogP contribution in [0.2, 0.25) is 0 Å². The molecule has 0 saturated carbocycles. The van der Waals surface area contributed by atoms with Gasteiger partial charge in [-0.3, -0.25) is 0 Å². The molecule has 0 amide bonds. The van der Waals surface area contributed by atoms with E-state index in [2.05, 4.69) is 21.1 Å². The summed E-state index contributed by atoms with van der Waals surface area (Å²) < 4.78 is 11.9. The molecule has 0 aliphatic heterocycles. The van der Waals surface area contributed by atoms with E-state index in [0.29, 0.717) is 22.8 Å². The summed E-state index contributed by atoms with van der Waals surface area (Å²) >= 11 is 3.34. The first-order valence-electron chi connectivity index (χ1n) is 6.15. The smallest absolute Gasteiger partial charge is 0.173 e. The summed E-state index contributed by atoms with van der Waals surface area (Å²) in [7, 11) is 1.58. The molecule has 2 aromatic carbocycles. The largest absolute Gasteiger partial charge is 0.493 e. The van der Waals surface area contributed by atoms with Gasteiger partial charge in [0.1, 0.15) is 5.75 Å². The first-order chi connectivity index (χ1) is 10.0. The fraction of sp³-hybridized carbons (Fsp3) is 0.133. The topological polar surface area (TPSA) is 77.1 Å². The summed E-state index contributed by atoms with van der Waals surface area (Å²) in [5.41, 5.74) is 7.22. The second kappa shape index (κ2) is 6.49. The van der Waals surface area contributed by atoms with E-state index in [1.54, 1.807) is 19.2 Å². The monoisotopic (exact) mass is 350 g/mol. The molecule has 3 N–H and O–H groups in total. The maximum Gasteiger partial charge on any atom is 0.173 e. The van der Waals surface area contributed by atoms with Crippen molar-refractivity contribution in [1.82, 2.24) is 0 Å². The van der Waals surface area contributed by atoms with Gasteiger partial charge in [-0.1, -0.05) is 27.2 Å². The summed E-state index contributed by atoms with van der Waals surface area (Å²) in [4.78, 5) is 0. The molecule has 0 fully saturated rings. The molecule has 21 heavy (non-hydrogen) atoms. The SMILES string of the molecule is COc1cc(C)ccc1Oc1ccc(Br)cc1/C(N)=N/O. The Balaban J connectivity index is 2.45. The number of rotatable bonds is 4. The summed E-state index contributed by atoms with van der Waals surface area (Å²) in [6.45, 7) is 1.97. The number of amidine groups is 1. The van der Waals surface area contributed by atoms with Crippen LogP contribution in [0.25, 0.3) is 0 Å². The summed E-state index contributed by atoms with van der Waals surface area (Å²) in [5.74, 6) is 1.61. The van der Waals surface area contributed by atoms with E-state index >= 15 is 0 Å². The van der Waals surface area contributed by atoms with Crippen LogP contribution in [0, 0.1) is 6.92 Å². The number of hydrogen-bond acceptors (Lipinski definition) is 4. The lowest BCUT2D eigenvalue weighted by molar-refractivity contribution is 0.318. The Hall–Kier alpha value is -2.21. The molecule has 6 heteroatoms. The molecule has 0 aliphatic carbocycles. The molecule has 2 aromatic rings. The highest BCUT2D eigenvalue weighted by Gasteiger charge is 2.13. The molecule has 0 radical (unpaired) electrons. The van der Waals surface area contributed by atoms with Gasteiger partial charge in [0.15, 0.2) is 17.3 Å². The van der Waals surface area contributed by atoms with E-state index in [9.17, 15) is 0 Å². The first kappa shape index (κ1) is 15.2. The van der Waals surface area contributed by atoms with Gasteiger partial charge in [-0.05, 0) is 42.8 Å².